The standard InChI is InChI=1S/C12H11BrIN3O/c1-15-12-9(14)6-16-11(17-12)7-3-4-10(18-2)8(13)5-7/h3-6H,1-2H3,(H,15,16,17). The topological polar surface area (TPSA) is 47.0 Å². The van der Waals surface area contributed by atoms with Crippen molar-refractivity contribution in [3.8, 4) is 17.1 Å². The maximum Gasteiger partial charge on any atom is 0.161 e. The molecule has 0 spiro atoms. The highest BCUT2D eigenvalue weighted by molar-refractivity contribution is 14.1. The van der Waals surface area contributed by atoms with Gasteiger partial charge in [-0.1, -0.05) is 0 Å². The Bertz CT molecular complexity index is 577. The lowest BCUT2D eigenvalue weighted by molar-refractivity contribution is 0.412. The number of nitrogens with zero attached hydrogens (tertiary/aromatic N) is 2. The van der Waals surface area contributed by atoms with Crippen LogP contribution >= 0.6 is 38.5 Å². The summed E-state index contributed by atoms with van der Waals surface area (Å²) in [5.74, 6) is 2.30. The third-order valence-corrected chi connectivity index (χ3v) is 3.80. The molecule has 0 aliphatic heterocycles. The zero-order valence-electron chi connectivity index (χ0n) is 9.87. The third-order valence-electron chi connectivity index (χ3n) is 2.39. The number of ether oxygens (including phenoxy) is 1. The summed E-state index contributed by atoms with van der Waals surface area (Å²) < 4.78 is 7.08. The van der Waals surface area contributed by atoms with Gasteiger partial charge in [-0.15, -0.1) is 0 Å². The first-order chi connectivity index (χ1) is 8.65. The van der Waals surface area contributed by atoms with Gasteiger partial charge in [-0.05, 0) is 56.7 Å². The molecule has 0 saturated carbocycles. The van der Waals surface area contributed by atoms with Crippen molar-refractivity contribution in [3.05, 3.63) is 32.4 Å². The van der Waals surface area contributed by atoms with Crippen LogP contribution in [0.1, 0.15) is 0 Å². The number of rotatable bonds is 3. The predicted molar refractivity (Wildman–Crippen MR) is 84.0 cm³/mol. The molecule has 2 rings (SSSR count). The molecule has 0 fully saturated rings. The van der Waals surface area contributed by atoms with Crippen LogP contribution in [0.4, 0.5) is 5.82 Å². The lowest BCUT2D eigenvalue weighted by Crippen LogP contribution is -1.99. The maximum atomic E-state index is 5.20. The van der Waals surface area contributed by atoms with Gasteiger partial charge >= 0.3 is 0 Å². The first-order valence-corrected chi connectivity index (χ1v) is 7.07. The molecular formula is C12H11BrIN3O. The lowest BCUT2D eigenvalue weighted by atomic mass is 10.2. The molecule has 6 heteroatoms. The van der Waals surface area contributed by atoms with Gasteiger partial charge in [0.2, 0.25) is 0 Å². The number of anilines is 1. The molecule has 1 N–H and O–H groups in total. The van der Waals surface area contributed by atoms with Crippen LogP contribution in [0.5, 0.6) is 5.75 Å². The molecule has 0 atom stereocenters. The number of aromatic nitrogens is 2. The summed E-state index contributed by atoms with van der Waals surface area (Å²) in [6, 6.07) is 5.77. The van der Waals surface area contributed by atoms with E-state index >= 15 is 0 Å². The van der Waals surface area contributed by atoms with E-state index in [4.69, 9.17) is 4.74 Å². The summed E-state index contributed by atoms with van der Waals surface area (Å²) >= 11 is 5.65. The first kappa shape index (κ1) is 13.5. The van der Waals surface area contributed by atoms with Crippen LogP contribution < -0.4 is 10.1 Å². The van der Waals surface area contributed by atoms with Crippen LogP contribution in [0, 0.1) is 3.57 Å². The van der Waals surface area contributed by atoms with Gasteiger partial charge in [0.15, 0.2) is 5.82 Å². The lowest BCUT2D eigenvalue weighted by Gasteiger charge is -2.07. The minimum atomic E-state index is 0.683. The zero-order chi connectivity index (χ0) is 13.1. The van der Waals surface area contributed by atoms with Crippen LogP contribution in [-0.4, -0.2) is 24.1 Å². The van der Waals surface area contributed by atoms with E-state index in [2.05, 4.69) is 53.8 Å². The monoisotopic (exact) mass is 419 g/mol. The number of benzene rings is 1. The summed E-state index contributed by atoms with van der Waals surface area (Å²) in [5, 5.41) is 3.05. The van der Waals surface area contributed by atoms with Crippen LogP contribution in [0.3, 0.4) is 0 Å². The normalized spacial score (nSPS) is 10.2. The Hall–Kier alpha value is -0.890. The van der Waals surface area contributed by atoms with E-state index in [1.807, 2.05) is 25.2 Å². The van der Waals surface area contributed by atoms with Crippen LogP contribution in [0.15, 0.2) is 28.9 Å². The SMILES string of the molecule is CNc1nc(-c2ccc(OC)c(Br)c2)ncc1I. The molecule has 2 aromatic rings. The maximum absolute atomic E-state index is 5.20. The zero-order valence-corrected chi connectivity index (χ0v) is 13.6. The second-order valence-corrected chi connectivity index (χ2v) is 5.51. The molecule has 0 saturated heterocycles. The van der Waals surface area contributed by atoms with Gasteiger partial charge in [0.05, 0.1) is 15.2 Å². The minimum Gasteiger partial charge on any atom is -0.496 e. The minimum absolute atomic E-state index is 0.683. The summed E-state index contributed by atoms with van der Waals surface area (Å²) in [5.41, 5.74) is 0.940. The van der Waals surface area contributed by atoms with E-state index in [-0.39, 0.29) is 0 Å². The van der Waals surface area contributed by atoms with E-state index in [1.165, 1.54) is 0 Å². The molecule has 0 bridgehead atoms. The average molecular weight is 420 g/mol. The van der Waals surface area contributed by atoms with Crippen LogP contribution in [-0.2, 0) is 0 Å². The Morgan fingerprint density at radius 3 is 2.78 bits per heavy atom. The number of hydrogen-bond donors (Lipinski definition) is 1. The highest BCUT2D eigenvalue weighted by Crippen LogP contribution is 2.29. The van der Waals surface area contributed by atoms with Gasteiger partial charge in [0.1, 0.15) is 11.6 Å². The molecule has 4 nitrogen and oxygen atoms in total. The van der Waals surface area contributed by atoms with Crippen LogP contribution in [0.2, 0.25) is 0 Å². The van der Waals surface area contributed by atoms with Crippen molar-refractivity contribution in [1.29, 1.82) is 0 Å². The molecule has 1 aromatic heterocycles. The molecule has 1 heterocycles. The van der Waals surface area contributed by atoms with Crippen molar-refractivity contribution in [2.24, 2.45) is 0 Å². The molecule has 1 aromatic carbocycles. The predicted octanol–water partition coefficient (Wildman–Crippen LogP) is 3.56. The second kappa shape index (κ2) is 5.83. The number of halogens is 2. The van der Waals surface area contributed by atoms with Gasteiger partial charge in [0.25, 0.3) is 0 Å². The number of methoxy groups -OCH3 is 1. The van der Waals surface area contributed by atoms with E-state index in [1.54, 1.807) is 13.3 Å². The van der Waals surface area contributed by atoms with E-state index in [0.717, 1.165) is 25.2 Å². The van der Waals surface area contributed by atoms with Gasteiger partial charge in [-0.2, -0.15) is 0 Å². The number of nitrogens with one attached hydrogen (secondary N) is 1. The van der Waals surface area contributed by atoms with Gasteiger partial charge in [-0.25, -0.2) is 9.97 Å². The Morgan fingerprint density at radius 2 is 2.17 bits per heavy atom. The van der Waals surface area contributed by atoms with Crippen molar-refractivity contribution in [2.75, 3.05) is 19.5 Å². The fraction of sp³-hybridized carbons (Fsp3) is 0.167. The van der Waals surface area contributed by atoms with Gasteiger partial charge in [0, 0.05) is 18.8 Å². The Labute approximate surface area is 127 Å². The fourth-order valence-corrected chi connectivity index (χ4v) is 2.56. The largest absolute Gasteiger partial charge is 0.496 e. The second-order valence-electron chi connectivity index (χ2n) is 3.49. The summed E-state index contributed by atoms with van der Waals surface area (Å²) in [6.45, 7) is 0. The van der Waals surface area contributed by atoms with Crippen molar-refractivity contribution in [2.45, 2.75) is 0 Å². The van der Waals surface area contributed by atoms with Crippen LogP contribution in [0.25, 0.3) is 11.4 Å². The average Bonchev–Trinajstić information content (AvgIpc) is 2.39. The van der Waals surface area contributed by atoms with Gasteiger partial charge in [-0.3, -0.25) is 0 Å². The van der Waals surface area contributed by atoms with Crippen molar-refractivity contribution >= 4 is 44.3 Å². The van der Waals surface area contributed by atoms with Crippen molar-refractivity contribution in [1.82, 2.24) is 9.97 Å². The smallest absolute Gasteiger partial charge is 0.161 e. The number of hydrogen-bond acceptors (Lipinski definition) is 4. The molecule has 0 radical (unpaired) electrons. The van der Waals surface area contributed by atoms with Gasteiger partial charge < -0.3 is 10.1 Å². The highest BCUT2D eigenvalue weighted by atomic mass is 127. The highest BCUT2D eigenvalue weighted by Gasteiger charge is 2.08. The van der Waals surface area contributed by atoms with E-state index in [0.29, 0.717) is 5.82 Å². The molecule has 94 valence electrons. The summed E-state index contributed by atoms with van der Waals surface area (Å²) in [7, 11) is 3.48. The third kappa shape index (κ3) is 2.74. The molecular weight excluding hydrogens is 409 g/mol. The molecule has 0 amide bonds. The fourth-order valence-electron chi connectivity index (χ4n) is 1.49. The van der Waals surface area contributed by atoms with E-state index < -0.39 is 0 Å². The quantitative estimate of drug-likeness (QED) is 0.772. The van der Waals surface area contributed by atoms with Crippen molar-refractivity contribution < 1.29 is 4.74 Å². The summed E-state index contributed by atoms with van der Waals surface area (Å²) in [6.07, 6.45) is 1.80. The van der Waals surface area contributed by atoms with Crippen molar-refractivity contribution in [3.63, 3.8) is 0 Å². The molecule has 0 aliphatic rings. The summed E-state index contributed by atoms with van der Waals surface area (Å²) in [4.78, 5) is 8.80. The first-order valence-electron chi connectivity index (χ1n) is 5.20. The Kier molecular flexibility index (Phi) is 4.39. The molecule has 0 aliphatic carbocycles. The Balaban J connectivity index is 2.45. The molecule has 0 unspecified atom stereocenters. The Morgan fingerprint density at radius 1 is 1.39 bits per heavy atom. The molecule has 18 heavy (non-hydrogen) atoms. The van der Waals surface area contributed by atoms with E-state index in [9.17, 15) is 0 Å².